The number of nitrogens with two attached hydrogens (primary N) is 2. The fourth-order valence-electron chi connectivity index (χ4n) is 5.10. The van der Waals surface area contributed by atoms with Crippen molar-refractivity contribution in [3.63, 3.8) is 0 Å². The summed E-state index contributed by atoms with van der Waals surface area (Å²) in [4.78, 5) is 28.9. The third kappa shape index (κ3) is 4.46. The number of fused-ring (bicyclic) bond motifs is 2. The van der Waals surface area contributed by atoms with Crippen LogP contribution in [0.15, 0.2) is 95.9 Å². The van der Waals surface area contributed by atoms with Crippen LogP contribution in [0.3, 0.4) is 0 Å². The Morgan fingerprint density at radius 2 is 1.70 bits per heavy atom. The van der Waals surface area contributed by atoms with Gasteiger partial charge in [0.15, 0.2) is 5.82 Å². The lowest BCUT2D eigenvalue weighted by Crippen LogP contribution is -2.37. The molecule has 0 spiro atoms. The number of primary sulfonamides is 1. The van der Waals surface area contributed by atoms with Gasteiger partial charge in [0.1, 0.15) is 6.04 Å². The van der Waals surface area contributed by atoms with E-state index in [1.165, 1.54) is 11.0 Å². The summed E-state index contributed by atoms with van der Waals surface area (Å²) >= 11 is 0. The average Bonchev–Trinajstić information content (AvgIpc) is 3.47. The summed E-state index contributed by atoms with van der Waals surface area (Å²) < 4.78 is 24.3. The van der Waals surface area contributed by atoms with Crippen LogP contribution in [-0.2, 0) is 21.4 Å². The van der Waals surface area contributed by atoms with Gasteiger partial charge in [-0.3, -0.25) is 14.7 Å². The van der Waals surface area contributed by atoms with Gasteiger partial charge in [0, 0.05) is 28.7 Å². The molecule has 11 heteroatoms. The molecule has 200 valence electrons. The van der Waals surface area contributed by atoms with Gasteiger partial charge in [0.05, 0.1) is 10.4 Å². The van der Waals surface area contributed by atoms with Crippen LogP contribution in [0, 0.1) is 0 Å². The van der Waals surface area contributed by atoms with Crippen LogP contribution in [-0.4, -0.2) is 35.3 Å². The minimum atomic E-state index is -3.96. The Bertz CT molecular complexity index is 1900. The van der Waals surface area contributed by atoms with Crippen molar-refractivity contribution < 1.29 is 18.0 Å². The van der Waals surface area contributed by atoms with Crippen LogP contribution >= 0.6 is 0 Å². The van der Waals surface area contributed by atoms with Crippen LogP contribution in [0.4, 0.5) is 11.5 Å². The SMILES string of the molecule is Nc1n[nH]c2ccc(NC(=O)C(c3ccccc3)N3Cc4cc(-c5ccccc5S(N)(=O)=O)ccc4C3=O)cc12. The van der Waals surface area contributed by atoms with Gasteiger partial charge >= 0.3 is 0 Å². The number of H-pyrrole nitrogens is 1. The van der Waals surface area contributed by atoms with Crippen LogP contribution in [0.1, 0.15) is 27.5 Å². The summed E-state index contributed by atoms with van der Waals surface area (Å²) in [6.45, 7) is 0.153. The lowest BCUT2D eigenvalue weighted by molar-refractivity contribution is -0.120. The Labute approximate surface area is 229 Å². The Hall–Kier alpha value is -5.00. The first kappa shape index (κ1) is 25.3. The standard InChI is InChI=1S/C29H24N6O4S/c30-27-23-15-20(11-13-24(23)33-34-27)32-28(36)26(17-6-2-1-3-7-17)35-16-19-14-18(10-12-22(19)29(35)37)21-8-4-5-9-25(21)40(31,38)39/h1-15,26H,16H2,(H,32,36)(H3,30,33,34)(H2,31,38,39). The van der Waals surface area contributed by atoms with E-state index in [1.807, 2.05) is 18.2 Å². The highest BCUT2D eigenvalue weighted by molar-refractivity contribution is 7.89. The molecule has 1 aliphatic rings. The molecule has 0 aliphatic carbocycles. The van der Waals surface area contributed by atoms with Crippen molar-refractivity contribution in [2.24, 2.45) is 5.14 Å². The summed E-state index contributed by atoms with van der Waals surface area (Å²) in [7, 11) is -3.96. The first-order valence-electron chi connectivity index (χ1n) is 12.4. The van der Waals surface area contributed by atoms with Gasteiger partial charge in [-0.15, -0.1) is 0 Å². The van der Waals surface area contributed by atoms with E-state index in [4.69, 9.17) is 10.9 Å². The predicted octanol–water partition coefficient (Wildman–Crippen LogP) is 3.80. The number of anilines is 2. The minimum absolute atomic E-state index is 0.00658. The maximum absolute atomic E-state index is 13.8. The molecule has 1 aromatic heterocycles. The number of nitrogen functional groups attached to an aromatic ring is 1. The van der Waals surface area contributed by atoms with Crippen LogP contribution in [0.2, 0.25) is 0 Å². The van der Waals surface area contributed by atoms with Crippen molar-refractivity contribution in [1.82, 2.24) is 15.1 Å². The highest BCUT2D eigenvalue weighted by atomic mass is 32.2. The fourth-order valence-corrected chi connectivity index (χ4v) is 5.86. The molecular weight excluding hydrogens is 528 g/mol. The molecular formula is C29H24N6O4S. The smallest absolute Gasteiger partial charge is 0.255 e. The van der Waals surface area contributed by atoms with Crippen molar-refractivity contribution in [3.8, 4) is 11.1 Å². The quantitative estimate of drug-likeness (QED) is 0.250. The second kappa shape index (κ2) is 9.63. The average molecular weight is 553 g/mol. The molecule has 10 nitrogen and oxygen atoms in total. The van der Waals surface area contributed by atoms with E-state index in [9.17, 15) is 18.0 Å². The third-order valence-corrected chi connectivity index (χ3v) is 7.95. The number of aromatic amines is 1. The number of aromatic nitrogens is 2. The first-order valence-corrected chi connectivity index (χ1v) is 13.9. The van der Waals surface area contributed by atoms with Crippen LogP contribution < -0.4 is 16.2 Å². The number of carbonyl (C=O) groups is 2. The molecule has 0 radical (unpaired) electrons. The second-order valence-corrected chi connectivity index (χ2v) is 11.0. The number of sulfonamides is 1. The lowest BCUT2D eigenvalue weighted by Gasteiger charge is -2.27. The molecule has 6 N–H and O–H groups in total. The van der Waals surface area contributed by atoms with Crippen molar-refractivity contribution in [2.45, 2.75) is 17.5 Å². The van der Waals surface area contributed by atoms with Gasteiger partial charge in [-0.05, 0) is 53.1 Å². The van der Waals surface area contributed by atoms with E-state index >= 15 is 0 Å². The van der Waals surface area contributed by atoms with Crippen molar-refractivity contribution in [3.05, 3.63) is 108 Å². The van der Waals surface area contributed by atoms with Gasteiger partial charge in [-0.1, -0.05) is 54.6 Å². The molecule has 4 aromatic carbocycles. The van der Waals surface area contributed by atoms with E-state index in [0.717, 1.165) is 5.52 Å². The van der Waals surface area contributed by atoms with Crippen LogP contribution in [0.25, 0.3) is 22.0 Å². The molecule has 0 saturated carbocycles. The second-order valence-electron chi connectivity index (χ2n) is 9.52. The van der Waals surface area contributed by atoms with Gasteiger partial charge in [0.2, 0.25) is 10.0 Å². The Balaban J connectivity index is 1.35. The number of nitrogens with one attached hydrogen (secondary N) is 2. The number of hydrogen-bond donors (Lipinski definition) is 4. The highest BCUT2D eigenvalue weighted by Crippen LogP contribution is 2.36. The minimum Gasteiger partial charge on any atom is -0.382 e. The van der Waals surface area contributed by atoms with Gasteiger partial charge in [-0.25, -0.2) is 13.6 Å². The number of rotatable bonds is 6. The van der Waals surface area contributed by atoms with Crippen LogP contribution in [0.5, 0.6) is 0 Å². The highest BCUT2D eigenvalue weighted by Gasteiger charge is 2.37. The van der Waals surface area contributed by atoms with Crippen molar-refractivity contribution >= 4 is 44.2 Å². The van der Waals surface area contributed by atoms with Crippen molar-refractivity contribution in [2.75, 3.05) is 11.1 Å². The molecule has 1 aliphatic heterocycles. The number of benzene rings is 4. The molecule has 40 heavy (non-hydrogen) atoms. The van der Waals surface area contributed by atoms with Gasteiger partial charge in [-0.2, -0.15) is 5.10 Å². The topological polar surface area (TPSA) is 164 Å². The number of amides is 2. The normalized spacial score (nSPS) is 13.8. The molecule has 1 unspecified atom stereocenters. The first-order chi connectivity index (χ1) is 19.2. The molecule has 0 saturated heterocycles. The van der Waals surface area contributed by atoms with E-state index in [0.29, 0.717) is 44.7 Å². The monoisotopic (exact) mass is 552 g/mol. The maximum Gasteiger partial charge on any atom is 0.255 e. The maximum atomic E-state index is 13.8. The number of carbonyl (C=O) groups excluding carboxylic acids is 2. The fraction of sp³-hybridized carbons (Fsp3) is 0.0690. The zero-order valence-corrected chi connectivity index (χ0v) is 21.9. The van der Waals surface area contributed by atoms with Gasteiger partial charge in [0.25, 0.3) is 11.8 Å². The van der Waals surface area contributed by atoms with Gasteiger partial charge < -0.3 is 16.0 Å². The summed E-state index contributed by atoms with van der Waals surface area (Å²) in [6, 6.07) is 24.9. The molecule has 1 atom stereocenters. The predicted molar refractivity (Wildman–Crippen MR) is 151 cm³/mol. The molecule has 0 fully saturated rings. The summed E-state index contributed by atoms with van der Waals surface area (Å²) in [5.74, 6) is -0.385. The Morgan fingerprint density at radius 3 is 2.48 bits per heavy atom. The summed E-state index contributed by atoms with van der Waals surface area (Å²) in [5, 5.41) is 15.8. The van der Waals surface area contributed by atoms with E-state index in [2.05, 4.69) is 15.5 Å². The number of nitrogens with zero attached hydrogens (tertiary/aromatic N) is 2. The van der Waals surface area contributed by atoms with E-state index < -0.39 is 22.0 Å². The number of hydrogen-bond acceptors (Lipinski definition) is 6. The van der Waals surface area contributed by atoms with E-state index in [-0.39, 0.29) is 17.3 Å². The Morgan fingerprint density at radius 1 is 0.950 bits per heavy atom. The largest absolute Gasteiger partial charge is 0.382 e. The van der Waals surface area contributed by atoms with Crippen molar-refractivity contribution in [1.29, 1.82) is 0 Å². The zero-order valence-electron chi connectivity index (χ0n) is 21.0. The Kier molecular flexibility index (Phi) is 6.09. The molecule has 2 amide bonds. The molecule has 5 aromatic rings. The summed E-state index contributed by atoms with van der Waals surface area (Å²) in [5.41, 5.74) is 9.98. The third-order valence-electron chi connectivity index (χ3n) is 6.98. The molecule has 0 bridgehead atoms. The lowest BCUT2D eigenvalue weighted by atomic mass is 10.0. The summed E-state index contributed by atoms with van der Waals surface area (Å²) in [6.07, 6.45) is 0. The molecule has 6 rings (SSSR count). The molecule has 2 heterocycles. The zero-order chi connectivity index (χ0) is 28.0. The van der Waals surface area contributed by atoms with E-state index in [1.54, 1.807) is 66.7 Å².